The summed E-state index contributed by atoms with van der Waals surface area (Å²) in [5.74, 6) is 0.253. The number of allylic oxidation sites excluding steroid dienone is 1. The molecule has 1 aromatic heterocycles. The van der Waals surface area contributed by atoms with Crippen molar-refractivity contribution < 1.29 is 9.53 Å². The van der Waals surface area contributed by atoms with E-state index in [0.29, 0.717) is 18.2 Å². The fourth-order valence-corrected chi connectivity index (χ4v) is 2.40. The van der Waals surface area contributed by atoms with Crippen molar-refractivity contribution in [3.8, 4) is 0 Å². The molecule has 0 unspecified atom stereocenters. The van der Waals surface area contributed by atoms with Crippen molar-refractivity contribution in [2.75, 3.05) is 6.61 Å². The van der Waals surface area contributed by atoms with Gasteiger partial charge in [-0.15, -0.1) is 6.58 Å². The van der Waals surface area contributed by atoms with Crippen molar-refractivity contribution in [1.82, 2.24) is 4.98 Å². The third-order valence-corrected chi connectivity index (χ3v) is 3.12. The zero-order valence-electron chi connectivity index (χ0n) is 10.1. The van der Waals surface area contributed by atoms with Gasteiger partial charge in [0.15, 0.2) is 5.69 Å². The molecule has 1 aliphatic rings. The monoisotopic (exact) mass is 231 g/mol. The number of carbonyl (C=O) groups is 1. The molecule has 0 aliphatic heterocycles. The molecule has 1 heterocycles. The zero-order chi connectivity index (χ0) is 12.3. The molecule has 0 aromatic carbocycles. The van der Waals surface area contributed by atoms with Gasteiger partial charge in [-0.25, -0.2) is 9.78 Å². The molecule has 0 saturated heterocycles. The van der Waals surface area contributed by atoms with E-state index in [-0.39, 0.29) is 5.97 Å². The molecule has 1 aromatic rings. The predicted octanol–water partition coefficient (Wildman–Crippen LogP) is 2.55. The molecule has 0 saturated carbocycles. The molecule has 3 heteroatoms. The highest BCUT2D eigenvalue weighted by Crippen LogP contribution is 2.30. The van der Waals surface area contributed by atoms with Gasteiger partial charge in [-0.1, -0.05) is 6.08 Å². The summed E-state index contributed by atoms with van der Waals surface area (Å²) >= 11 is 0. The second-order valence-electron chi connectivity index (χ2n) is 4.32. The lowest BCUT2D eigenvalue weighted by Crippen LogP contribution is -2.10. The Morgan fingerprint density at radius 2 is 2.47 bits per heavy atom. The second kappa shape index (κ2) is 5.13. The Morgan fingerprint density at radius 1 is 1.65 bits per heavy atom. The Bertz CT molecular complexity index is 440. The average molecular weight is 231 g/mol. The minimum atomic E-state index is -0.302. The molecule has 0 amide bonds. The summed E-state index contributed by atoms with van der Waals surface area (Å²) in [5, 5.41) is 0. The molecule has 0 radical (unpaired) electrons. The number of hydrogen-bond acceptors (Lipinski definition) is 3. The summed E-state index contributed by atoms with van der Waals surface area (Å²) in [6.07, 6.45) is 6.53. The molecule has 1 atom stereocenters. The number of hydrogen-bond donors (Lipinski definition) is 0. The number of carbonyl (C=O) groups excluding carboxylic acids is 1. The maximum atomic E-state index is 11.8. The Hall–Kier alpha value is -1.64. The van der Waals surface area contributed by atoms with Crippen LogP contribution in [0, 0.1) is 5.92 Å². The van der Waals surface area contributed by atoms with Crippen LogP contribution >= 0.6 is 0 Å². The lowest BCUT2D eigenvalue weighted by atomic mass is 10.0. The number of aromatic nitrogens is 1. The van der Waals surface area contributed by atoms with Crippen molar-refractivity contribution in [2.24, 2.45) is 5.92 Å². The first-order valence-corrected chi connectivity index (χ1v) is 6.01. The van der Waals surface area contributed by atoms with Crippen LogP contribution in [0.1, 0.15) is 35.0 Å². The Morgan fingerprint density at radius 3 is 3.18 bits per heavy atom. The maximum absolute atomic E-state index is 11.8. The van der Waals surface area contributed by atoms with Crippen molar-refractivity contribution in [2.45, 2.75) is 26.2 Å². The zero-order valence-corrected chi connectivity index (χ0v) is 10.1. The first kappa shape index (κ1) is 11.8. The minimum Gasteiger partial charge on any atom is -0.461 e. The Balaban J connectivity index is 2.25. The topological polar surface area (TPSA) is 39.2 Å². The normalized spacial score (nSPS) is 17.6. The smallest absolute Gasteiger partial charge is 0.357 e. The van der Waals surface area contributed by atoms with Gasteiger partial charge < -0.3 is 4.74 Å². The molecule has 17 heavy (non-hydrogen) atoms. The predicted molar refractivity (Wildman–Crippen MR) is 65.9 cm³/mol. The van der Waals surface area contributed by atoms with Crippen LogP contribution in [0.3, 0.4) is 0 Å². The SMILES string of the molecule is C=CC[C@@H]1Cc2ccnc(C(=O)OCC)c2C1. The number of rotatable bonds is 4. The number of pyridine rings is 1. The third kappa shape index (κ3) is 2.38. The lowest BCUT2D eigenvalue weighted by molar-refractivity contribution is 0.0518. The fourth-order valence-electron chi connectivity index (χ4n) is 2.40. The standard InChI is InChI=1S/C14H17NO2/c1-3-5-10-8-11-6-7-15-13(12(11)9-10)14(16)17-4-2/h3,6-7,10H,1,4-5,8-9H2,2H3/t10-/m1/s1. The van der Waals surface area contributed by atoms with E-state index in [4.69, 9.17) is 4.74 Å². The maximum Gasteiger partial charge on any atom is 0.357 e. The Kier molecular flexibility index (Phi) is 3.57. The van der Waals surface area contributed by atoms with Crippen molar-refractivity contribution in [3.63, 3.8) is 0 Å². The van der Waals surface area contributed by atoms with Crippen molar-refractivity contribution in [1.29, 1.82) is 0 Å². The first-order chi connectivity index (χ1) is 8.26. The molecule has 0 bridgehead atoms. The van der Waals surface area contributed by atoms with E-state index in [9.17, 15) is 4.79 Å². The van der Waals surface area contributed by atoms with E-state index in [2.05, 4.69) is 11.6 Å². The summed E-state index contributed by atoms with van der Waals surface area (Å²) in [6, 6.07) is 2.00. The van der Waals surface area contributed by atoms with Gasteiger partial charge in [0.05, 0.1) is 6.61 Å². The summed E-state index contributed by atoms with van der Waals surface area (Å²) in [6.45, 7) is 5.96. The molecule has 0 fully saturated rings. The molecule has 2 rings (SSSR count). The lowest BCUT2D eigenvalue weighted by Gasteiger charge is -2.06. The van der Waals surface area contributed by atoms with E-state index in [1.54, 1.807) is 6.20 Å². The number of fused-ring (bicyclic) bond motifs is 1. The number of esters is 1. The highest BCUT2D eigenvalue weighted by atomic mass is 16.5. The number of nitrogens with zero attached hydrogens (tertiary/aromatic N) is 1. The van der Waals surface area contributed by atoms with Crippen LogP contribution in [0.15, 0.2) is 24.9 Å². The highest BCUT2D eigenvalue weighted by Gasteiger charge is 2.26. The average Bonchev–Trinajstić information content (AvgIpc) is 2.71. The number of ether oxygens (including phenoxy) is 1. The minimum absolute atomic E-state index is 0.302. The van der Waals surface area contributed by atoms with Crippen LogP contribution in [0.2, 0.25) is 0 Å². The summed E-state index contributed by atoms with van der Waals surface area (Å²) in [5.41, 5.74) is 2.80. The van der Waals surface area contributed by atoms with Gasteiger partial charge in [0.2, 0.25) is 0 Å². The van der Waals surface area contributed by atoms with E-state index in [0.717, 1.165) is 24.8 Å². The van der Waals surface area contributed by atoms with Gasteiger partial charge in [0.1, 0.15) is 0 Å². The molecule has 1 aliphatic carbocycles. The van der Waals surface area contributed by atoms with Crippen LogP contribution in [-0.2, 0) is 17.6 Å². The summed E-state index contributed by atoms with van der Waals surface area (Å²) in [4.78, 5) is 15.9. The van der Waals surface area contributed by atoms with Crippen molar-refractivity contribution in [3.05, 3.63) is 41.7 Å². The molecule has 90 valence electrons. The molecule has 0 N–H and O–H groups in total. The quantitative estimate of drug-likeness (QED) is 0.590. The van der Waals surface area contributed by atoms with Gasteiger partial charge >= 0.3 is 5.97 Å². The first-order valence-electron chi connectivity index (χ1n) is 6.01. The highest BCUT2D eigenvalue weighted by molar-refractivity contribution is 5.89. The van der Waals surface area contributed by atoms with Crippen LogP contribution in [-0.4, -0.2) is 17.6 Å². The van der Waals surface area contributed by atoms with E-state index in [1.807, 2.05) is 19.1 Å². The Labute approximate surface area is 102 Å². The molecule has 0 spiro atoms. The van der Waals surface area contributed by atoms with Gasteiger partial charge in [0, 0.05) is 6.20 Å². The molecule has 3 nitrogen and oxygen atoms in total. The summed E-state index contributed by atoms with van der Waals surface area (Å²) in [7, 11) is 0. The van der Waals surface area contributed by atoms with E-state index >= 15 is 0 Å². The second-order valence-corrected chi connectivity index (χ2v) is 4.32. The van der Waals surface area contributed by atoms with Gasteiger partial charge in [-0.05, 0) is 49.3 Å². The van der Waals surface area contributed by atoms with Crippen LogP contribution in [0.5, 0.6) is 0 Å². The van der Waals surface area contributed by atoms with Crippen LogP contribution in [0.25, 0.3) is 0 Å². The van der Waals surface area contributed by atoms with Gasteiger partial charge in [-0.2, -0.15) is 0 Å². The van der Waals surface area contributed by atoms with Gasteiger partial charge in [0.25, 0.3) is 0 Å². The van der Waals surface area contributed by atoms with Crippen molar-refractivity contribution >= 4 is 5.97 Å². The van der Waals surface area contributed by atoms with Crippen LogP contribution < -0.4 is 0 Å². The van der Waals surface area contributed by atoms with E-state index < -0.39 is 0 Å². The molecular formula is C14H17NO2. The van der Waals surface area contributed by atoms with E-state index in [1.165, 1.54) is 5.56 Å². The summed E-state index contributed by atoms with van der Waals surface area (Å²) < 4.78 is 5.03. The van der Waals surface area contributed by atoms with Gasteiger partial charge in [-0.3, -0.25) is 0 Å². The fraction of sp³-hybridized carbons (Fsp3) is 0.429. The largest absolute Gasteiger partial charge is 0.461 e. The third-order valence-electron chi connectivity index (χ3n) is 3.12. The van der Waals surface area contributed by atoms with Crippen LogP contribution in [0.4, 0.5) is 0 Å². The molecular weight excluding hydrogens is 214 g/mol.